The fourth-order valence-electron chi connectivity index (χ4n) is 0.904. The Morgan fingerprint density at radius 1 is 1.22 bits per heavy atom. The van der Waals surface area contributed by atoms with Gasteiger partial charge in [0.15, 0.2) is 0 Å². The summed E-state index contributed by atoms with van der Waals surface area (Å²) in [6.07, 6.45) is -0.0162. The van der Waals surface area contributed by atoms with Crippen LogP contribution in [0.25, 0.3) is 5.41 Å². The van der Waals surface area contributed by atoms with E-state index >= 15 is 0 Å². The smallest absolute Gasteiger partial charge is 0.248 e. The minimum atomic E-state index is -2.52. The van der Waals surface area contributed by atoms with Crippen LogP contribution in [0.15, 0.2) is 0 Å². The maximum absolute atomic E-state index is 12.3. The molecule has 0 spiro atoms. The van der Waals surface area contributed by atoms with Crippen LogP contribution in [-0.4, -0.2) is 11.6 Å². The van der Waals surface area contributed by atoms with Crippen LogP contribution in [0.4, 0.5) is 8.78 Å². The molecule has 0 atom stereocenters. The summed E-state index contributed by atoms with van der Waals surface area (Å²) in [4.78, 5) is 0. The van der Waals surface area contributed by atoms with Gasteiger partial charge in [-0.1, -0.05) is 0 Å². The highest BCUT2D eigenvalue weighted by molar-refractivity contribution is 5.88. The van der Waals surface area contributed by atoms with Crippen LogP contribution < -0.4 is 0 Å². The molecule has 0 N–H and O–H groups in total. The van der Waals surface area contributed by atoms with Gasteiger partial charge in [0.2, 0.25) is 5.92 Å². The zero-order chi connectivity index (χ0) is 6.91. The summed E-state index contributed by atoms with van der Waals surface area (Å²) in [5.41, 5.74) is 0.223. The van der Waals surface area contributed by atoms with Crippen molar-refractivity contribution in [3.8, 4) is 0 Å². The summed E-state index contributed by atoms with van der Waals surface area (Å²) in [5.74, 6) is -2.52. The Balaban J connectivity index is 2.44. The molecule has 1 aliphatic rings. The van der Waals surface area contributed by atoms with E-state index in [1.165, 1.54) is 0 Å². The van der Waals surface area contributed by atoms with Gasteiger partial charge in [0.05, 0.1) is 0 Å². The molecule has 0 saturated heterocycles. The first-order chi connectivity index (χ1) is 4.10. The summed E-state index contributed by atoms with van der Waals surface area (Å²) < 4.78 is 24.5. The van der Waals surface area contributed by atoms with E-state index in [2.05, 4.69) is 0 Å². The largest absolute Gasteiger partial charge is 0.811 e. The molecule has 1 aliphatic carbocycles. The molecule has 0 aromatic heterocycles. The van der Waals surface area contributed by atoms with E-state index < -0.39 is 5.92 Å². The zero-order valence-electron chi connectivity index (χ0n) is 5.03. The molecule has 1 nitrogen and oxygen atoms in total. The maximum Gasteiger partial charge on any atom is 0.248 e. The van der Waals surface area contributed by atoms with Gasteiger partial charge in [-0.15, -0.1) is 0 Å². The lowest BCUT2D eigenvalue weighted by molar-refractivity contribution is -0.0178. The van der Waals surface area contributed by atoms with E-state index in [9.17, 15) is 8.78 Å². The second-order valence-corrected chi connectivity index (χ2v) is 2.42. The van der Waals surface area contributed by atoms with Crippen molar-refractivity contribution in [2.45, 2.75) is 31.6 Å². The van der Waals surface area contributed by atoms with Crippen LogP contribution in [0.2, 0.25) is 0 Å². The summed E-state index contributed by atoms with van der Waals surface area (Å²) in [6, 6.07) is 0. The van der Waals surface area contributed by atoms with Gasteiger partial charge in [-0.3, -0.25) is 0 Å². The Morgan fingerprint density at radius 3 is 2.00 bits per heavy atom. The Morgan fingerprint density at radius 2 is 1.67 bits per heavy atom. The van der Waals surface area contributed by atoms with Crippen LogP contribution in [0, 0.1) is 0 Å². The molecule has 0 aromatic rings. The first-order valence-electron chi connectivity index (χ1n) is 3.02. The lowest BCUT2D eigenvalue weighted by Crippen LogP contribution is -2.23. The molecule has 0 unspecified atom stereocenters. The first kappa shape index (κ1) is 6.65. The molecular formula is C6H8F2N-. The first-order valence-corrected chi connectivity index (χ1v) is 3.02. The van der Waals surface area contributed by atoms with E-state index in [4.69, 9.17) is 5.41 Å². The maximum atomic E-state index is 12.3. The molecule has 0 bridgehead atoms. The molecule has 1 saturated carbocycles. The van der Waals surface area contributed by atoms with Gasteiger partial charge in [0.1, 0.15) is 0 Å². The second-order valence-electron chi connectivity index (χ2n) is 2.42. The number of halogens is 2. The van der Waals surface area contributed by atoms with Crippen molar-refractivity contribution >= 4 is 5.71 Å². The summed E-state index contributed by atoms with van der Waals surface area (Å²) in [7, 11) is 0. The molecule has 0 aromatic carbocycles. The van der Waals surface area contributed by atoms with E-state index in [-0.39, 0.29) is 31.4 Å². The van der Waals surface area contributed by atoms with Gasteiger partial charge in [-0.25, -0.2) is 14.5 Å². The fraction of sp³-hybridized carbons (Fsp3) is 0.833. The van der Waals surface area contributed by atoms with Crippen LogP contribution in [0.1, 0.15) is 25.7 Å². The highest BCUT2D eigenvalue weighted by atomic mass is 19.3. The number of hydrogen-bond donors (Lipinski definition) is 0. The molecule has 1 rings (SSSR count). The lowest BCUT2D eigenvalue weighted by atomic mass is 9.95. The summed E-state index contributed by atoms with van der Waals surface area (Å²) >= 11 is 0. The van der Waals surface area contributed by atoms with Gasteiger partial charge < -0.3 is 5.41 Å². The van der Waals surface area contributed by atoms with E-state index in [1.54, 1.807) is 0 Å². The van der Waals surface area contributed by atoms with Crippen LogP contribution in [-0.2, 0) is 0 Å². The van der Waals surface area contributed by atoms with E-state index in [1.807, 2.05) is 0 Å². The normalized spacial score (nSPS) is 26.2. The topological polar surface area (TPSA) is 22.3 Å². The lowest BCUT2D eigenvalue weighted by Gasteiger charge is -2.26. The Bertz CT molecular complexity index is 119. The van der Waals surface area contributed by atoms with Gasteiger partial charge in [-0.2, -0.15) is 0 Å². The average molecular weight is 132 g/mol. The average Bonchev–Trinajstić information content (AvgIpc) is 1.78. The Labute approximate surface area is 52.6 Å². The molecule has 52 valence electrons. The Hall–Kier alpha value is -0.470. The van der Waals surface area contributed by atoms with Gasteiger partial charge in [0.25, 0.3) is 0 Å². The molecule has 0 heterocycles. The number of hydrogen-bond acceptors (Lipinski definition) is 0. The Kier molecular flexibility index (Phi) is 1.51. The van der Waals surface area contributed by atoms with E-state index in [0.717, 1.165) is 0 Å². The second kappa shape index (κ2) is 2.05. The third kappa shape index (κ3) is 1.73. The molecule has 0 radical (unpaired) electrons. The highest BCUT2D eigenvalue weighted by Crippen LogP contribution is 2.31. The third-order valence-corrected chi connectivity index (χ3v) is 1.56. The molecular weight excluding hydrogens is 124 g/mol. The third-order valence-electron chi connectivity index (χ3n) is 1.56. The van der Waals surface area contributed by atoms with Crippen molar-refractivity contribution in [1.82, 2.24) is 0 Å². The minimum Gasteiger partial charge on any atom is -0.811 e. The molecule has 9 heavy (non-hydrogen) atoms. The predicted molar refractivity (Wildman–Crippen MR) is 31.8 cm³/mol. The van der Waals surface area contributed by atoms with Gasteiger partial charge in [0, 0.05) is 12.8 Å². The molecule has 0 amide bonds. The van der Waals surface area contributed by atoms with Crippen molar-refractivity contribution in [3.05, 3.63) is 5.41 Å². The quantitative estimate of drug-likeness (QED) is 0.482. The van der Waals surface area contributed by atoms with Crippen molar-refractivity contribution in [3.63, 3.8) is 0 Å². The molecule has 3 heteroatoms. The predicted octanol–water partition coefficient (Wildman–Crippen LogP) is 2.21. The SMILES string of the molecule is [N-]=C1CCC(F)(F)CC1. The van der Waals surface area contributed by atoms with Crippen LogP contribution >= 0.6 is 0 Å². The standard InChI is InChI=1S/C6H8F2N/c7-6(8)3-1-5(9)2-4-6/h1-4H2/q-1. The number of alkyl halides is 2. The minimum absolute atomic E-state index is 0.174. The van der Waals surface area contributed by atoms with Crippen LogP contribution in [0.5, 0.6) is 0 Å². The van der Waals surface area contributed by atoms with Crippen molar-refractivity contribution in [2.24, 2.45) is 0 Å². The summed E-state index contributed by atoms with van der Waals surface area (Å²) in [5, 5.41) is 8.72. The van der Waals surface area contributed by atoms with Crippen molar-refractivity contribution in [2.75, 3.05) is 0 Å². The monoisotopic (exact) mass is 132 g/mol. The zero-order valence-corrected chi connectivity index (χ0v) is 5.03. The highest BCUT2D eigenvalue weighted by Gasteiger charge is 2.30. The molecule has 1 fully saturated rings. The van der Waals surface area contributed by atoms with Crippen molar-refractivity contribution < 1.29 is 8.78 Å². The fourth-order valence-corrected chi connectivity index (χ4v) is 0.904. The molecule has 0 aliphatic heterocycles. The summed E-state index contributed by atoms with van der Waals surface area (Å²) in [6.45, 7) is 0. The number of nitrogens with zero attached hydrogens (tertiary/aromatic N) is 1. The van der Waals surface area contributed by atoms with Crippen LogP contribution in [0.3, 0.4) is 0 Å². The number of rotatable bonds is 0. The van der Waals surface area contributed by atoms with Gasteiger partial charge in [-0.05, 0) is 12.8 Å². The van der Waals surface area contributed by atoms with Gasteiger partial charge >= 0.3 is 0 Å². The van der Waals surface area contributed by atoms with Crippen molar-refractivity contribution in [1.29, 1.82) is 0 Å². The van der Waals surface area contributed by atoms with E-state index in [0.29, 0.717) is 0 Å².